The predicted octanol–water partition coefficient (Wildman–Crippen LogP) is 14.5. The molecule has 1 rings (SSSR count). The molecule has 0 heterocycles. The predicted molar refractivity (Wildman–Crippen MR) is 276 cm³/mol. The van der Waals surface area contributed by atoms with E-state index < -0.39 is 10.9 Å². The number of methoxy groups -OCH3 is 1. The van der Waals surface area contributed by atoms with Gasteiger partial charge in [0.15, 0.2) is 0 Å². The molecule has 0 aliphatic heterocycles. The highest BCUT2D eigenvalue weighted by molar-refractivity contribution is 5.73. The number of nitrogens with one attached hydrogen (secondary N) is 2. The molecule has 9 nitrogen and oxygen atoms in total. The molecule has 1 aromatic rings. The lowest BCUT2D eigenvalue weighted by Crippen LogP contribution is -2.37. The van der Waals surface area contributed by atoms with Gasteiger partial charge in [0.05, 0.1) is 0 Å². The summed E-state index contributed by atoms with van der Waals surface area (Å²) in [5.41, 5.74) is -0.0479. The van der Waals surface area contributed by atoms with Crippen molar-refractivity contribution in [1.82, 2.24) is 4.90 Å². The van der Waals surface area contributed by atoms with Gasteiger partial charge in [0.1, 0.15) is 23.8 Å². The van der Waals surface area contributed by atoms with Gasteiger partial charge in [-0.3, -0.25) is 14.4 Å². The summed E-state index contributed by atoms with van der Waals surface area (Å²) in [4.78, 5) is 49.3. The standard InChI is InChI=1S/C41H75N3O5.C14H30O/c1-4-6-8-10-15-21-28-36(29-22-16-11-9-7-5-2)49-37(46)30-23-17-14-19-25-33-44(32-24-18-12-13-20-26-35-45)34-27-31-43-39-38(42-3)40(47)41(39)48;1-4-6-8-10-14(12-13-15-3)11-9-7-5-2/h35-36,42-43H,4-34H2,1-3H3;14H,4-13H2,1-3H3. The van der Waals surface area contributed by atoms with Gasteiger partial charge in [-0.05, 0) is 89.8 Å². The van der Waals surface area contributed by atoms with Crippen molar-refractivity contribution in [2.24, 2.45) is 5.92 Å². The lowest BCUT2D eigenvalue weighted by Gasteiger charge is -2.23. The average molecular weight is 904 g/mol. The molecule has 0 aliphatic rings. The molecule has 0 aromatic heterocycles. The minimum Gasteiger partial charge on any atom is -0.462 e. The largest absolute Gasteiger partial charge is 0.462 e. The van der Waals surface area contributed by atoms with E-state index in [1.54, 1.807) is 7.05 Å². The molecule has 0 saturated carbocycles. The zero-order valence-corrected chi connectivity index (χ0v) is 43.1. The second-order valence-electron chi connectivity index (χ2n) is 18.9. The Bertz CT molecular complexity index is 1210. The molecule has 376 valence electrons. The van der Waals surface area contributed by atoms with Crippen molar-refractivity contribution in [3.8, 4) is 0 Å². The lowest BCUT2D eigenvalue weighted by molar-refractivity contribution is -0.150. The van der Waals surface area contributed by atoms with Gasteiger partial charge in [0, 0.05) is 40.2 Å². The fraction of sp³-hybridized carbons (Fsp3) is 0.891. The first-order chi connectivity index (χ1) is 31.3. The molecule has 0 saturated heterocycles. The number of esters is 1. The highest BCUT2D eigenvalue weighted by atomic mass is 16.5. The fourth-order valence-electron chi connectivity index (χ4n) is 8.77. The molecule has 0 bridgehead atoms. The smallest absolute Gasteiger partial charge is 0.306 e. The van der Waals surface area contributed by atoms with Crippen LogP contribution in [-0.2, 0) is 19.1 Å². The maximum atomic E-state index is 12.7. The molecule has 0 fully saturated rings. The molecule has 1 aromatic carbocycles. The van der Waals surface area contributed by atoms with Crippen LogP contribution < -0.4 is 21.5 Å². The van der Waals surface area contributed by atoms with Crippen LogP contribution in [0.15, 0.2) is 9.59 Å². The van der Waals surface area contributed by atoms with Gasteiger partial charge in [-0.2, -0.15) is 0 Å². The van der Waals surface area contributed by atoms with Crippen molar-refractivity contribution in [1.29, 1.82) is 0 Å². The van der Waals surface area contributed by atoms with Crippen LogP contribution in [-0.4, -0.2) is 70.2 Å². The second-order valence-corrected chi connectivity index (χ2v) is 18.9. The molecule has 64 heavy (non-hydrogen) atoms. The van der Waals surface area contributed by atoms with E-state index in [0.717, 1.165) is 109 Å². The topological polar surface area (TPSA) is 114 Å². The van der Waals surface area contributed by atoms with Crippen molar-refractivity contribution < 1.29 is 19.1 Å². The number of nitrogens with zero attached hydrogens (tertiary/aromatic N) is 1. The van der Waals surface area contributed by atoms with Gasteiger partial charge in [-0.1, -0.05) is 182 Å². The molecule has 0 spiro atoms. The third-order valence-corrected chi connectivity index (χ3v) is 13.0. The summed E-state index contributed by atoms with van der Waals surface area (Å²) in [6.07, 6.45) is 43.9. The lowest BCUT2D eigenvalue weighted by atomic mass is 9.92. The van der Waals surface area contributed by atoms with E-state index in [1.807, 2.05) is 7.11 Å². The Balaban J connectivity index is 0.00000224. The van der Waals surface area contributed by atoms with Crippen molar-refractivity contribution >= 4 is 23.6 Å². The first-order valence-corrected chi connectivity index (χ1v) is 27.4. The second kappa shape index (κ2) is 47.2. The van der Waals surface area contributed by atoms with Gasteiger partial charge < -0.3 is 29.8 Å². The highest BCUT2D eigenvalue weighted by Crippen LogP contribution is 2.22. The van der Waals surface area contributed by atoms with E-state index in [-0.39, 0.29) is 12.1 Å². The van der Waals surface area contributed by atoms with Gasteiger partial charge >= 0.3 is 5.97 Å². The summed E-state index contributed by atoms with van der Waals surface area (Å²) in [5.74, 6) is 0.918. The van der Waals surface area contributed by atoms with Crippen LogP contribution in [0, 0.1) is 5.92 Å². The summed E-state index contributed by atoms with van der Waals surface area (Å²) in [5, 5.41) is 5.97. The first kappa shape index (κ1) is 61.7. The maximum Gasteiger partial charge on any atom is 0.306 e. The number of unbranched alkanes of at least 4 members (excludes halogenated alkanes) is 23. The third-order valence-electron chi connectivity index (χ3n) is 13.0. The van der Waals surface area contributed by atoms with E-state index in [0.29, 0.717) is 30.8 Å². The summed E-state index contributed by atoms with van der Waals surface area (Å²) in [6, 6.07) is 0. The van der Waals surface area contributed by atoms with Crippen LogP contribution in [0.1, 0.15) is 259 Å². The van der Waals surface area contributed by atoms with Gasteiger partial charge in [-0.15, -0.1) is 0 Å². The normalized spacial score (nSPS) is 11.5. The molecule has 0 amide bonds. The zero-order chi connectivity index (χ0) is 47.1. The molecule has 2 N–H and O–H groups in total. The SMILES string of the molecule is CCCCCC(CCCCC)CCOC.CCCCCCCCC(CCCCCCCC)OC(=O)CCCCCCCN(CCCCCCCC=O)CCCNc1c(NC)c(=O)c1=O. The Morgan fingerprint density at radius 3 is 1.50 bits per heavy atom. The molecular weight excluding hydrogens is 799 g/mol. The van der Waals surface area contributed by atoms with E-state index in [4.69, 9.17) is 9.47 Å². The molecular formula is C55H105N3O6. The Hall–Kier alpha value is -2.26. The Morgan fingerprint density at radius 1 is 0.547 bits per heavy atom. The molecule has 0 unspecified atom stereocenters. The van der Waals surface area contributed by atoms with Crippen molar-refractivity contribution in [3.63, 3.8) is 0 Å². The number of hydrogen-bond acceptors (Lipinski definition) is 9. The third kappa shape index (κ3) is 35.9. The van der Waals surface area contributed by atoms with Gasteiger partial charge in [0.25, 0.3) is 10.9 Å². The number of rotatable bonds is 48. The number of hydrogen-bond donors (Lipinski definition) is 2. The number of anilines is 2. The van der Waals surface area contributed by atoms with Crippen LogP contribution >= 0.6 is 0 Å². The van der Waals surface area contributed by atoms with Crippen molar-refractivity contribution in [2.45, 2.75) is 265 Å². The van der Waals surface area contributed by atoms with Crippen LogP contribution in [0.4, 0.5) is 11.4 Å². The molecule has 0 atom stereocenters. The quantitative estimate of drug-likeness (QED) is 0.0286. The van der Waals surface area contributed by atoms with E-state index in [2.05, 4.69) is 43.2 Å². The van der Waals surface area contributed by atoms with E-state index in [1.165, 1.54) is 148 Å². The Kier molecular flexibility index (Phi) is 45.6. The van der Waals surface area contributed by atoms with E-state index in [9.17, 15) is 19.2 Å². The number of aldehydes is 1. The summed E-state index contributed by atoms with van der Waals surface area (Å²) in [7, 11) is 3.48. The Labute approximate surface area is 395 Å². The molecule has 0 aliphatic carbocycles. The van der Waals surface area contributed by atoms with Crippen LogP contribution in [0.3, 0.4) is 0 Å². The first-order valence-electron chi connectivity index (χ1n) is 27.4. The fourth-order valence-corrected chi connectivity index (χ4v) is 8.77. The zero-order valence-electron chi connectivity index (χ0n) is 43.1. The highest BCUT2D eigenvalue weighted by Gasteiger charge is 2.19. The Morgan fingerprint density at radius 2 is 0.984 bits per heavy atom. The van der Waals surface area contributed by atoms with Crippen molar-refractivity contribution in [3.05, 3.63) is 20.4 Å². The van der Waals surface area contributed by atoms with Gasteiger partial charge in [-0.25, -0.2) is 0 Å². The van der Waals surface area contributed by atoms with Crippen molar-refractivity contribution in [2.75, 3.05) is 57.6 Å². The minimum atomic E-state index is -0.437. The molecule has 0 radical (unpaired) electrons. The van der Waals surface area contributed by atoms with Crippen LogP contribution in [0.5, 0.6) is 0 Å². The number of carbonyl (C=O) groups is 2. The maximum absolute atomic E-state index is 12.7. The van der Waals surface area contributed by atoms with Crippen LogP contribution in [0.2, 0.25) is 0 Å². The monoisotopic (exact) mass is 904 g/mol. The van der Waals surface area contributed by atoms with E-state index >= 15 is 0 Å². The summed E-state index contributed by atoms with van der Waals surface area (Å²) >= 11 is 0. The summed E-state index contributed by atoms with van der Waals surface area (Å²) < 4.78 is 11.2. The van der Waals surface area contributed by atoms with Gasteiger partial charge in [0.2, 0.25) is 0 Å². The average Bonchev–Trinajstić information content (AvgIpc) is 3.30. The number of carbonyl (C=O) groups excluding carboxylic acids is 2. The number of ether oxygens (including phenoxy) is 2. The van der Waals surface area contributed by atoms with Crippen LogP contribution in [0.25, 0.3) is 0 Å². The summed E-state index contributed by atoms with van der Waals surface area (Å²) in [6.45, 7) is 13.7. The minimum absolute atomic E-state index is 0.00141. The molecule has 9 heteroatoms.